The predicted molar refractivity (Wildman–Crippen MR) is 69.6 cm³/mol. The van der Waals surface area contributed by atoms with Gasteiger partial charge in [0, 0.05) is 5.56 Å². The number of hydrogen-bond donors (Lipinski definition) is 2. The van der Waals surface area contributed by atoms with Crippen molar-refractivity contribution in [1.82, 2.24) is 0 Å². The standard InChI is InChI=1S/C15H12O3/c1-10(11-5-3-2-4-6-11)13-9-12(15(17)18)7-8-14(13)16/h2-9,16H,1H2,(H,17,18). The van der Waals surface area contributed by atoms with Crippen molar-refractivity contribution >= 4 is 11.5 Å². The van der Waals surface area contributed by atoms with Crippen LogP contribution in [0.5, 0.6) is 5.75 Å². The van der Waals surface area contributed by atoms with Crippen LogP contribution < -0.4 is 0 Å². The fourth-order valence-corrected chi connectivity index (χ4v) is 1.71. The van der Waals surface area contributed by atoms with Gasteiger partial charge >= 0.3 is 5.97 Å². The molecule has 18 heavy (non-hydrogen) atoms. The molecule has 0 radical (unpaired) electrons. The lowest BCUT2D eigenvalue weighted by atomic mass is 9.97. The lowest BCUT2D eigenvalue weighted by Crippen LogP contribution is -1.97. The summed E-state index contributed by atoms with van der Waals surface area (Å²) in [7, 11) is 0. The van der Waals surface area contributed by atoms with Gasteiger partial charge in [-0.2, -0.15) is 0 Å². The molecule has 2 rings (SSSR count). The molecule has 0 aliphatic rings. The summed E-state index contributed by atoms with van der Waals surface area (Å²) in [5.74, 6) is -1.01. The second kappa shape index (κ2) is 4.75. The highest BCUT2D eigenvalue weighted by Crippen LogP contribution is 2.29. The van der Waals surface area contributed by atoms with E-state index in [1.165, 1.54) is 18.2 Å². The van der Waals surface area contributed by atoms with Crippen LogP contribution in [0.1, 0.15) is 21.5 Å². The summed E-state index contributed by atoms with van der Waals surface area (Å²) in [4.78, 5) is 10.9. The van der Waals surface area contributed by atoms with Crippen molar-refractivity contribution < 1.29 is 15.0 Å². The van der Waals surface area contributed by atoms with Crippen molar-refractivity contribution in [2.75, 3.05) is 0 Å². The number of carbonyl (C=O) groups is 1. The molecule has 0 aromatic heterocycles. The van der Waals surface area contributed by atoms with Gasteiger partial charge < -0.3 is 10.2 Å². The van der Waals surface area contributed by atoms with Crippen LogP contribution >= 0.6 is 0 Å². The van der Waals surface area contributed by atoms with Crippen molar-refractivity contribution in [3.63, 3.8) is 0 Å². The molecule has 0 saturated heterocycles. The Hall–Kier alpha value is -2.55. The van der Waals surface area contributed by atoms with Crippen LogP contribution in [0.25, 0.3) is 5.57 Å². The summed E-state index contributed by atoms with van der Waals surface area (Å²) >= 11 is 0. The highest BCUT2D eigenvalue weighted by Gasteiger charge is 2.11. The minimum atomic E-state index is -1.03. The van der Waals surface area contributed by atoms with E-state index in [1.807, 2.05) is 30.3 Å². The first-order valence-electron chi connectivity index (χ1n) is 5.40. The van der Waals surface area contributed by atoms with Crippen LogP contribution in [0.4, 0.5) is 0 Å². The molecule has 0 amide bonds. The van der Waals surface area contributed by atoms with E-state index in [9.17, 15) is 9.90 Å². The first kappa shape index (κ1) is 11.9. The van der Waals surface area contributed by atoms with Gasteiger partial charge in [-0.15, -0.1) is 0 Å². The van der Waals surface area contributed by atoms with E-state index in [1.54, 1.807) is 0 Å². The normalized spacial score (nSPS) is 10.0. The maximum Gasteiger partial charge on any atom is 0.335 e. The van der Waals surface area contributed by atoms with Crippen molar-refractivity contribution in [3.05, 3.63) is 71.8 Å². The van der Waals surface area contributed by atoms with Crippen LogP contribution in [0.2, 0.25) is 0 Å². The van der Waals surface area contributed by atoms with Crippen LogP contribution in [0, 0.1) is 0 Å². The van der Waals surface area contributed by atoms with Crippen LogP contribution in [0.3, 0.4) is 0 Å². The molecule has 90 valence electrons. The lowest BCUT2D eigenvalue weighted by Gasteiger charge is -2.09. The highest BCUT2D eigenvalue weighted by molar-refractivity contribution is 5.91. The Bertz CT molecular complexity index is 600. The van der Waals surface area contributed by atoms with Crippen molar-refractivity contribution in [2.24, 2.45) is 0 Å². The summed E-state index contributed by atoms with van der Waals surface area (Å²) in [5.41, 5.74) is 1.99. The van der Waals surface area contributed by atoms with E-state index < -0.39 is 5.97 Å². The smallest absolute Gasteiger partial charge is 0.335 e. The fourth-order valence-electron chi connectivity index (χ4n) is 1.71. The molecule has 2 aromatic rings. The topological polar surface area (TPSA) is 57.5 Å². The first-order valence-corrected chi connectivity index (χ1v) is 5.40. The van der Waals surface area contributed by atoms with Crippen LogP contribution in [-0.4, -0.2) is 16.2 Å². The molecule has 2 aromatic carbocycles. The molecule has 3 nitrogen and oxygen atoms in total. The second-order valence-electron chi connectivity index (χ2n) is 3.88. The zero-order valence-electron chi connectivity index (χ0n) is 9.63. The maximum absolute atomic E-state index is 10.9. The molecule has 0 atom stereocenters. The number of phenolic OH excluding ortho intramolecular Hbond substituents is 1. The Kier molecular flexibility index (Phi) is 3.15. The molecule has 0 aliphatic heterocycles. The zero-order valence-corrected chi connectivity index (χ0v) is 9.63. The average Bonchev–Trinajstić information content (AvgIpc) is 2.39. The number of carboxylic acids is 1. The van der Waals surface area contributed by atoms with Gasteiger partial charge in [-0.25, -0.2) is 4.79 Å². The molecule has 0 saturated carbocycles. The third kappa shape index (κ3) is 2.25. The molecule has 0 fully saturated rings. The second-order valence-corrected chi connectivity index (χ2v) is 3.88. The molecule has 0 unspecified atom stereocenters. The Morgan fingerprint density at radius 2 is 1.67 bits per heavy atom. The summed E-state index contributed by atoms with van der Waals surface area (Å²) < 4.78 is 0. The van der Waals surface area contributed by atoms with Crippen molar-refractivity contribution in [2.45, 2.75) is 0 Å². The third-order valence-corrected chi connectivity index (χ3v) is 2.69. The Balaban J connectivity index is 2.48. The SMILES string of the molecule is C=C(c1ccccc1)c1cc(C(=O)O)ccc1O. The van der Waals surface area contributed by atoms with Crippen molar-refractivity contribution in [1.29, 1.82) is 0 Å². The first-order chi connectivity index (χ1) is 8.59. The Morgan fingerprint density at radius 1 is 1.00 bits per heavy atom. The molecule has 3 heteroatoms. The summed E-state index contributed by atoms with van der Waals surface area (Å²) in [5, 5.41) is 18.7. The van der Waals surface area contributed by atoms with E-state index in [0.717, 1.165) is 5.56 Å². The molecule has 0 bridgehead atoms. The monoisotopic (exact) mass is 240 g/mol. The molecule has 0 heterocycles. The maximum atomic E-state index is 10.9. The predicted octanol–water partition coefficient (Wildman–Crippen LogP) is 3.15. The minimum Gasteiger partial charge on any atom is -0.507 e. The number of benzene rings is 2. The Morgan fingerprint density at radius 3 is 2.28 bits per heavy atom. The van der Waals surface area contributed by atoms with Crippen LogP contribution in [-0.2, 0) is 0 Å². The number of aromatic hydroxyl groups is 1. The minimum absolute atomic E-state index is 0.0221. The molecular weight excluding hydrogens is 228 g/mol. The third-order valence-electron chi connectivity index (χ3n) is 2.69. The molecular formula is C15H12O3. The highest BCUT2D eigenvalue weighted by atomic mass is 16.4. The van der Waals surface area contributed by atoms with Crippen LogP contribution in [0.15, 0.2) is 55.1 Å². The number of rotatable bonds is 3. The van der Waals surface area contributed by atoms with E-state index in [2.05, 4.69) is 6.58 Å². The van der Waals surface area contributed by atoms with E-state index in [0.29, 0.717) is 11.1 Å². The number of hydrogen-bond acceptors (Lipinski definition) is 2. The van der Waals surface area contributed by atoms with Crippen molar-refractivity contribution in [3.8, 4) is 5.75 Å². The van der Waals surface area contributed by atoms with Gasteiger partial charge in [0.1, 0.15) is 5.75 Å². The molecule has 2 N–H and O–H groups in total. The summed E-state index contributed by atoms with van der Waals surface area (Å²) in [6.45, 7) is 3.90. The van der Waals surface area contributed by atoms with Gasteiger partial charge in [0.25, 0.3) is 0 Å². The summed E-state index contributed by atoms with van der Waals surface area (Å²) in [6.07, 6.45) is 0. The van der Waals surface area contributed by atoms with E-state index >= 15 is 0 Å². The molecule has 0 spiro atoms. The van der Waals surface area contributed by atoms with Gasteiger partial charge in [-0.05, 0) is 29.3 Å². The van der Waals surface area contributed by atoms with Gasteiger partial charge in [0.15, 0.2) is 0 Å². The van der Waals surface area contributed by atoms with Gasteiger partial charge in [0.05, 0.1) is 5.56 Å². The fraction of sp³-hybridized carbons (Fsp3) is 0. The molecule has 0 aliphatic carbocycles. The van der Waals surface area contributed by atoms with E-state index in [-0.39, 0.29) is 11.3 Å². The number of phenols is 1. The van der Waals surface area contributed by atoms with Gasteiger partial charge in [0.2, 0.25) is 0 Å². The summed E-state index contributed by atoms with van der Waals surface area (Å²) in [6, 6.07) is 13.5. The number of aromatic carboxylic acids is 1. The largest absolute Gasteiger partial charge is 0.507 e. The number of carboxylic acid groups (broad SMARTS) is 1. The van der Waals surface area contributed by atoms with E-state index in [4.69, 9.17) is 5.11 Å². The van der Waals surface area contributed by atoms with Gasteiger partial charge in [-0.3, -0.25) is 0 Å². The lowest BCUT2D eigenvalue weighted by molar-refractivity contribution is 0.0697. The quantitative estimate of drug-likeness (QED) is 0.866. The Labute approximate surface area is 105 Å². The zero-order chi connectivity index (χ0) is 13.1. The average molecular weight is 240 g/mol. The van der Waals surface area contributed by atoms with Gasteiger partial charge in [-0.1, -0.05) is 36.9 Å².